The molecule has 5 rings (SSSR count). The van der Waals surface area contributed by atoms with Gasteiger partial charge in [-0.1, -0.05) is 66.8 Å². The summed E-state index contributed by atoms with van der Waals surface area (Å²) in [4.78, 5) is 3.67. The lowest BCUT2D eigenvalue weighted by Gasteiger charge is -2.31. The van der Waals surface area contributed by atoms with Crippen molar-refractivity contribution in [3.05, 3.63) is 84.1 Å². The Morgan fingerprint density at radius 2 is 1.52 bits per heavy atom. The zero-order valence-corrected chi connectivity index (χ0v) is 11.6. The predicted octanol–water partition coefficient (Wildman–Crippen LogP) is 5.14. The summed E-state index contributed by atoms with van der Waals surface area (Å²) in [5.74, 6) is 0.874. The summed E-state index contributed by atoms with van der Waals surface area (Å²) in [6.45, 7) is 0. The summed E-state index contributed by atoms with van der Waals surface area (Å²) in [7, 11) is 0. The Balaban J connectivity index is 1.93. The Kier molecular flexibility index (Phi) is 2.12. The Morgan fingerprint density at radius 3 is 2.48 bits per heavy atom. The van der Waals surface area contributed by atoms with Crippen LogP contribution in [0.4, 0.5) is 0 Å². The first-order valence-corrected chi connectivity index (χ1v) is 7.48. The molecule has 1 N–H and O–H groups in total. The Morgan fingerprint density at radius 1 is 0.762 bits per heavy atom. The molecule has 1 heterocycles. The molecule has 0 aliphatic heterocycles. The topological polar surface area (TPSA) is 15.8 Å². The van der Waals surface area contributed by atoms with Crippen molar-refractivity contribution >= 4 is 10.9 Å². The number of rotatable bonds is 0. The van der Waals surface area contributed by atoms with Crippen LogP contribution in [0.3, 0.4) is 0 Å². The van der Waals surface area contributed by atoms with E-state index in [4.69, 9.17) is 0 Å². The van der Waals surface area contributed by atoms with Gasteiger partial charge in [-0.2, -0.15) is 0 Å². The first-order chi connectivity index (χ1) is 10.4. The number of nitrogens with one attached hydrogen (secondary N) is 1. The van der Waals surface area contributed by atoms with Crippen molar-refractivity contribution < 1.29 is 0 Å². The molecule has 100 valence electrons. The fourth-order valence-corrected chi connectivity index (χ4v) is 3.90. The molecule has 0 saturated carbocycles. The number of fused-ring (bicyclic) bond motifs is 8. The lowest BCUT2D eigenvalue weighted by atomic mass is 9.72. The van der Waals surface area contributed by atoms with E-state index in [1.54, 1.807) is 0 Å². The van der Waals surface area contributed by atoms with E-state index >= 15 is 0 Å². The molecule has 1 heteroatoms. The number of aromatic amines is 1. The van der Waals surface area contributed by atoms with Gasteiger partial charge in [0.05, 0.1) is 0 Å². The van der Waals surface area contributed by atoms with Crippen molar-refractivity contribution in [1.29, 1.82) is 0 Å². The van der Waals surface area contributed by atoms with Crippen LogP contribution in [0.1, 0.15) is 23.1 Å². The third-order valence-corrected chi connectivity index (χ3v) is 4.79. The van der Waals surface area contributed by atoms with Crippen molar-refractivity contribution in [2.45, 2.75) is 11.8 Å². The normalized spacial score (nSPS) is 21.9. The molecule has 0 saturated heterocycles. The van der Waals surface area contributed by atoms with Gasteiger partial charge in [0.2, 0.25) is 0 Å². The summed E-state index contributed by atoms with van der Waals surface area (Å²) in [5.41, 5.74) is 6.82. The van der Waals surface area contributed by atoms with Crippen LogP contribution in [-0.4, -0.2) is 4.98 Å². The molecule has 0 amide bonds. The van der Waals surface area contributed by atoms with E-state index in [0.717, 1.165) is 0 Å². The molecule has 2 aliphatic carbocycles. The van der Waals surface area contributed by atoms with E-state index < -0.39 is 0 Å². The Bertz CT molecular complexity index is 910. The van der Waals surface area contributed by atoms with Gasteiger partial charge in [0, 0.05) is 34.0 Å². The van der Waals surface area contributed by atoms with Crippen molar-refractivity contribution in [3.63, 3.8) is 0 Å². The molecule has 21 heavy (non-hydrogen) atoms. The molecule has 1 nitrogen and oxygen atoms in total. The summed E-state index contributed by atoms with van der Waals surface area (Å²) in [5, 5.41) is 1.33. The maximum absolute atomic E-state index is 3.67. The van der Waals surface area contributed by atoms with Crippen LogP contribution in [0.25, 0.3) is 22.0 Å². The number of hydrogen-bond acceptors (Lipinski definition) is 0. The van der Waals surface area contributed by atoms with Gasteiger partial charge in [-0.3, -0.25) is 0 Å². The summed E-state index contributed by atoms with van der Waals surface area (Å²) in [6, 6.07) is 17.5. The summed E-state index contributed by atoms with van der Waals surface area (Å²) in [6.07, 6.45) is 9.00. The van der Waals surface area contributed by atoms with Crippen LogP contribution in [0.5, 0.6) is 0 Å². The molecule has 0 spiro atoms. The lowest BCUT2D eigenvalue weighted by molar-refractivity contribution is 0.705. The van der Waals surface area contributed by atoms with Crippen LogP contribution in [0.2, 0.25) is 0 Å². The molecule has 2 aliphatic rings. The maximum Gasteiger partial charge on any atom is 0.0462 e. The number of aromatic nitrogens is 1. The first kappa shape index (κ1) is 11.2. The monoisotopic (exact) mass is 269 g/mol. The molecule has 2 atom stereocenters. The number of hydrogen-bond donors (Lipinski definition) is 1. The second-order valence-electron chi connectivity index (χ2n) is 5.87. The minimum Gasteiger partial charge on any atom is -0.357 e. The van der Waals surface area contributed by atoms with E-state index in [9.17, 15) is 0 Å². The minimum atomic E-state index is 0.423. The van der Waals surface area contributed by atoms with Crippen molar-refractivity contribution in [1.82, 2.24) is 4.98 Å². The van der Waals surface area contributed by atoms with Gasteiger partial charge in [0.1, 0.15) is 0 Å². The van der Waals surface area contributed by atoms with Crippen LogP contribution >= 0.6 is 0 Å². The summed E-state index contributed by atoms with van der Waals surface area (Å²) < 4.78 is 0. The van der Waals surface area contributed by atoms with E-state index in [1.807, 2.05) is 0 Å². The van der Waals surface area contributed by atoms with E-state index in [2.05, 4.69) is 77.8 Å². The Hall–Kier alpha value is -2.54. The highest BCUT2D eigenvalue weighted by atomic mass is 14.7. The molecule has 1 aromatic heterocycles. The molecule has 0 fully saturated rings. The lowest BCUT2D eigenvalue weighted by Crippen LogP contribution is -2.16. The van der Waals surface area contributed by atoms with E-state index in [-0.39, 0.29) is 0 Å². The highest BCUT2D eigenvalue weighted by Gasteiger charge is 2.33. The molecule has 0 radical (unpaired) electrons. The molecule has 0 bridgehead atoms. The maximum atomic E-state index is 3.67. The molecule has 2 aromatic carbocycles. The zero-order valence-electron chi connectivity index (χ0n) is 11.6. The van der Waals surface area contributed by atoms with Gasteiger partial charge in [-0.15, -0.1) is 0 Å². The van der Waals surface area contributed by atoms with Gasteiger partial charge in [0.15, 0.2) is 0 Å². The van der Waals surface area contributed by atoms with Gasteiger partial charge in [-0.05, 0) is 17.2 Å². The molecule has 3 aromatic rings. The van der Waals surface area contributed by atoms with E-state index in [0.29, 0.717) is 11.8 Å². The van der Waals surface area contributed by atoms with Crippen molar-refractivity contribution in [2.24, 2.45) is 0 Å². The molecular formula is C20H15N. The zero-order chi connectivity index (χ0) is 13.8. The highest BCUT2D eigenvalue weighted by Crippen LogP contribution is 2.51. The standard InChI is InChI=1S/C20H15N/c1-3-9-15-13(7-1)14-8-2-4-10-16(14)20-19(15)17-11-5-6-12-18(17)21-20/h1-12,14,16,21H/t14-,16-/m1/s1. The predicted molar refractivity (Wildman–Crippen MR) is 87.5 cm³/mol. The van der Waals surface area contributed by atoms with Crippen LogP contribution in [-0.2, 0) is 0 Å². The third-order valence-electron chi connectivity index (χ3n) is 4.79. The van der Waals surface area contributed by atoms with Gasteiger partial charge < -0.3 is 4.98 Å². The van der Waals surface area contributed by atoms with Gasteiger partial charge >= 0.3 is 0 Å². The highest BCUT2D eigenvalue weighted by molar-refractivity contribution is 6.00. The molecule has 0 unspecified atom stereocenters. The second-order valence-corrected chi connectivity index (χ2v) is 5.87. The molecular weight excluding hydrogens is 254 g/mol. The largest absolute Gasteiger partial charge is 0.357 e. The number of allylic oxidation sites excluding steroid dienone is 4. The van der Waals surface area contributed by atoms with Gasteiger partial charge in [-0.25, -0.2) is 0 Å². The first-order valence-electron chi connectivity index (χ1n) is 7.48. The fraction of sp³-hybridized carbons (Fsp3) is 0.100. The quantitative estimate of drug-likeness (QED) is 0.581. The van der Waals surface area contributed by atoms with Crippen molar-refractivity contribution in [3.8, 4) is 11.1 Å². The Labute approximate surface area is 123 Å². The fourth-order valence-electron chi connectivity index (χ4n) is 3.90. The number of H-pyrrole nitrogens is 1. The van der Waals surface area contributed by atoms with E-state index in [1.165, 1.54) is 33.3 Å². The van der Waals surface area contributed by atoms with Gasteiger partial charge in [0.25, 0.3) is 0 Å². The SMILES string of the molecule is C1=C[C@@H]2c3ccccc3-c3c([nH]c4ccccc34)[C@@H]2C=C1. The van der Waals surface area contributed by atoms with Crippen LogP contribution in [0, 0.1) is 0 Å². The van der Waals surface area contributed by atoms with Crippen molar-refractivity contribution in [2.75, 3.05) is 0 Å². The smallest absolute Gasteiger partial charge is 0.0462 e. The second kappa shape index (κ2) is 3.98. The average molecular weight is 269 g/mol. The number of para-hydroxylation sites is 1. The number of benzene rings is 2. The minimum absolute atomic E-state index is 0.423. The van der Waals surface area contributed by atoms with Crippen LogP contribution < -0.4 is 0 Å². The third kappa shape index (κ3) is 1.41. The average Bonchev–Trinajstić information content (AvgIpc) is 2.95. The van der Waals surface area contributed by atoms with Crippen LogP contribution in [0.15, 0.2) is 72.8 Å². The summed E-state index contributed by atoms with van der Waals surface area (Å²) >= 11 is 0.